The fraction of sp³-hybridized carbons (Fsp3) is 0.480. The van der Waals surface area contributed by atoms with E-state index < -0.39 is 5.82 Å². The highest BCUT2D eigenvalue weighted by molar-refractivity contribution is 6.04. The van der Waals surface area contributed by atoms with Crippen LogP contribution in [-0.2, 0) is 0 Å². The number of carbonyl (C=O) groups is 1. The van der Waals surface area contributed by atoms with E-state index in [0.29, 0.717) is 11.8 Å². The molecular formula is C25H27FN2O. The maximum absolute atomic E-state index is 14.1. The van der Waals surface area contributed by atoms with Crippen molar-refractivity contribution in [3.63, 3.8) is 0 Å². The molecule has 150 valence electrons. The van der Waals surface area contributed by atoms with Gasteiger partial charge in [0.1, 0.15) is 5.82 Å². The van der Waals surface area contributed by atoms with Crippen molar-refractivity contribution < 1.29 is 9.18 Å². The third-order valence-electron chi connectivity index (χ3n) is 7.89. The zero-order chi connectivity index (χ0) is 19.5. The van der Waals surface area contributed by atoms with Gasteiger partial charge in [-0.2, -0.15) is 0 Å². The van der Waals surface area contributed by atoms with Crippen LogP contribution >= 0.6 is 0 Å². The Labute approximate surface area is 171 Å². The third-order valence-corrected chi connectivity index (χ3v) is 7.89. The number of nitrogens with zero attached hydrogens (tertiary/aromatic N) is 1. The minimum atomic E-state index is -0.470. The normalized spacial score (nSPS) is 29.2. The number of nitrogens with one attached hydrogen (secondary N) is 1. The third kappa shape index (κ3) is 2.72. The highest BCUT2D eigenvalue weighted by atomic mass is 19.1. The molecule has 29 heavy (non-hydrogen) atoms. The van der Waals surface area contributed by atoms with Gasteiger partial charge in [-0.25, -0.2) is 4.39 Å². The lowest BCUT2D eigenvalue weighted by Gasteiger charge is -2.46. The Morgan fingerprint density at radius 3 is 2.17 bits per heavy atom. The van der Waals surface area contributed by atoms with Gasteiger partial charge in [0.05, 0.1) is 5.56 Å². The van der Waals surface area contributed by atoms with Crippen LogP contribution in [0.15, 0.2) is 36.4 Å². The molecule has 2 fully saturated rings. The minimum Gasteiger partial charge on any atom is -0.370 e. The molecule has 2 saturated carbocycles. The molecule has 0 bridgehead atoms. The topological polar surface area (TPSA) is 32.3 Å². The summed E-state index contributed by atoms with van der Waals surface area (Å²) in [5, 5.41) is 3.03. The van der Waals surface area contributed by atoms with E-state index in [-0.39, 0.29) is 11.5 Å². The van der Waals surface area contributed by atoms with E-state index in [9.17, 15) is 9.18 Å². The number of anilines is 2. The molecule has 3 nitrogen and oxygen atoms in total. The van der Waals surface area contributed by atoms with Crippen molar-refractivity contribution >= 4 is 17.3 Å². The fourth-order valence-electron chi connectivity index (χ4n) is 6.68. The molecule has 0 radical (unpaired) electrons. The molecule has 0 unspecified atom stereocenters. The largest absolute Gasteiger partial charge is 0.370 e. The molecule has 1 N–H and O–H groups in total. The van der Waals surface area contributed by atoms with Crippen molar-refractivity contribution in [1.29, 1.82) is 0 Å². The van der Waals surface area contributed by atoms with Crippen LogP contribution in [0, 0.1) is 17.7 Å². The molecule has 2 heterocycles. The highest BCUT2D eigenvalue weighted by Crippen LogP contribution is 2.56. The van der Waals surface area contributed by atoms with Crippen molar-refractivity contribution in [2.75, 3.05) is 23.3 Å². The molecule has 4 aliphatic rings. The number of amides is 1. The van der Waals surface area contributed by atoms with Crippen LogP contribution in [0.1, 0.15) is 71.8 Å². The first kappa shape index (κ1) is 17.5. The monoisotopic (exact) mass is 390 g/mol. The first-order valence-electron chi connectivity index (χ1n) is 11.2. The van der Waals surface area contributed by atoms with Crippen molar-refractivity contribution in [3.8, 4) is 0 Å². The van der Waals surface area contributed by atoms with Crippen molar-refractivity contribution in [1.82, 2.24) is 0 Å². The molecule has 1 amide bonds. The number of hydrogen-bond acceptors (Lipinski definition) is 2. The molecule has 4 heteroatoms. The molecule has 6 rings (SSSR count). The highest BCUT2D eigenvalue weighted by Gasteiger charge is 2.44. The van der Waals surface area contributed by atoms with E-state index in [1.807, 2.05) is 0 Å². The number of carbonyl (C=O) groups excluding carboxylic acids is 1. The van der Waals surface area contributed by atoms with Crippen LogP contribution in [0.4, 0.5) is 15.8 Å². The predicted molar refractivity (Wildman–Crippen MR) is 113 cm³/mol. The number of hydrogen-bond donors (Lipinski definition) is 1. The first-order chi connectivity index (χ1) is 14.2. The Balaban J connectivity index is 1.43. The Morgan fingerprint density at radius 2 is 1.55 bits per heavy atom. The lowest BCUT2D eigenvalue weighted by atomic mass is 9.75. The lowest BCUT2D eigenvalue weighted by molar-refractivity contribution is 0.102. The van der Waals surface area contributed by atoms with Gasteiger partial charge in [0.15, 0.2) is 0 Å². The summed E-state index contributed by atoms with van der Waals surface area (Å²) in [6, 6.07) is 10.6. The van der Waals surface area contributed by atoms with Gasteiger partial charge >= 0.3 is 0 Å². The van der Waals surface area contributed by atoms with Crippen molar-refractivity contribution in [2.24, 2.45) is 11.8 Å². The zero-order valence-electron chi connectivity index (χ0n) is 16.7. The maximum Gasteiger partial charge on any atom is 0.258 e. The van der Waals surface area contributed by atoms with E-state index in [0.717, 1.165) is 17.5 Å². The summed E-state index contributed by atoms with van der Waals surface area (Å²) in [7, 11) is 0. The summed E-state index contributed by atoms with van der Waals surface area (Å²) in [4.78, 5) is 15.4. The molecule has 0 spiro atoms. The van der Waals surface area contributed by atoms with Gasteiger partial charge in [0.2, 0.25) is 0 Å². The van der Waals surface area contributed by atoms with Crippen molar-refractivity contribution in [3.05, 3.63) is 58.9 Å². The molecule has 2 aromatic rings. The van der Waals surface area contributed by atoms with Crippen LogP contribution in [-0.4, -0.2) is 19.0 Å². The van der Waals surface area contributed by atoms with Gasteiger partial charge in [-0.15, -0.1) is 0 Å². The number of rotatable bonds is 2. The fourth-order valence-corrected chi connectivity index (χ4v) is 6.68. The van der Waals surface area contributed by atoms with Gasteiger partial charge in [0.25, 0.3) is 5.91 Å². The number of halogens is 1. The molecule has 2 aliphatic carbocycles. The van der Waals surface area contributed by atoms with Gasteiger partial charge in [-0.05, 0) is 84.7 Å². The van der Waals surface area contributed by atoms with E-state index in [1.54, 1.807) is 18.2 Å². The summed E-state index contributed by atoms with van der Waals surface area (Å²) >= 11 is 0. The Bertz CT molecular complexity index is 942. The van der Waals surface area contributed by atoms with Crippen LogP contribution in [0.5, 0.6) is 0 Å². The van der Waals surface area contributed by atoms with Gasteiger partial charge < -0.3 is 10.2 Å². The number of benzene rings is 2. The van der Waals surface area contributed by atoms with E-state index in [2.05, 4.69) is 22.3 Å². The lowest BCUT2D eigenvalue weighted by Crippen LogP contribution is -2.43. The smallest absolute Gasteiger partial charge is 0.258 e. The Kier molecular flexibility index (Phi) is 3.97. The van der Waals surface area contributed by atoms with E-state index in [4.69, 9.17) is 0 Å². The molecule has 0 aromatic heterocycles. The van der Waals surface area contributed by atoms with Gasteiger partial charge in [0, 0.05) is 24.5 Å². The molecule has 2 aliphatic heterocycles. The van der Waals surface area contributed by atoms with Crippen LogP contribution in [0.25, 0.3) is 0 Å². The summed E-state index contributed by atoms with van der Waals surface area (Å²) in [6.45, 7) is 2.41. The standard InChI is InChI=1S/C25H27FN2O/c26-23-10-2-1-7-20(23)25(29)27-17-11-21-18-8-3-5-15(18)13-28-14-16-6-4-9-19(16)22(12-17)24(21)28/h1-2,7,10-12,15-16,18-19H,3-6,8-9,13-14H2,(H,27,29)/t15-,16-,18+,19+/m1/s1. The average Bonchev–Trinajstić information content (AvgIpc) is 3.37. The SMILES string of the molecule is O=C(Nc1cc2c3c(c1)[C@H]1CCC[C@@H]1CN3C[C@H]1CCC[C@H]21)c1ccccc1F. The predicted octanol–water partition coefficient (Wildman–Crippen LogP) is 5.68. The average molecular weight is 391 g/mol. The summed E-state index contributed by atoms with van der Waals surface area (Å²) in [5.41, 5.74) is 5.29. The quantitative estimate of drug-likeness (QED) is 0.716. The van der Waals surface area contributed by atoms with Crippen LogP contribution < -0.4 is 10.2 Å². The molecular weight excluding hydrogens is 363 g/mol. The summed E-state index contributed by atoms with van der Waals surface area (Å²) < 4.78 is 14.1. The van der Waals surface area contributed by atoms with Crippen LogP contribution in [0.2, 0.25) is 0 Å². The molecule has 4 atom stereocenters. The van der Waals surface area contributed by atoms with Gasteiger partial charge in [-0.3, -0.25) is 4.79 Å². The second kappa shape index (κ2) is 6.58. The Morgan fingerprint density at radius 1 is 0.931 bits per heavy atom. The zero-order valence-corrected chi connectivity index (χ0v) is 16.7. The van der Waals surface area contributed by atoms with E-state index in [1.165, 1.54) is 74.5 Å². The second-order valence-electron chi connectivity index (χ2n) is 9.44. The maximum atomic E-state index is 14.1. The van der Waals surface area contributed by atoms with Crippen LogP contribution in [0.3, 0.4) is 0 Å². The van der Waals surface area contributed by atoms with Crippen molar-refractivity contribution in [2.45, 2.75) is 50.4 Å². The number of fused-ring (bicyclic) bond motifs is 4. The van der Waals surface area contributed by atoms with E-state index >= 15 is 0 Å². The summed E-state index contributed by atoms with van der Waals surface area (Å²) in [5.74, 6) is 1.88. The first-order valence-corrected chi connectivity index (χ1v) is 11.2. The Hall–Kier alpha value is -2.36. The minimum absolute atomic E-state index is 0.109. The summed E-state index contributed by atoms with van der Waals surface area (Å²) in [6.07, 6.45) is 7.74. The molecule has 0 saturated heterocycles. The molecule has 2 aromatic carbocycles. The van der Waals surface area contributed by atoms with Gasteiger partial charge in [-0.1, -0.05) is 25.0 Å². The second-order valence-corrected chi connectivity index (χ2v) is 9.44.